The van der Waals surface area contributed by atoms with Crippen LogP contribution in [-0.4, -0.2) is 62.6 Å². The minimum absolute atomic E-state index is 0.0550. The lowest BCUT2D eigenvalue weighted by atomic mass is 10.1. The molecule has 0 aliphatic heterocycles. The minimum Gasteiger partial charge on any atom is -0.465 e. The van der Waals surface area contributed by atoms with Crippen LogP contribution in [0.5, 0.6) is 0 Å². The Hall–Kier alpha value is -3.40. The second kappa shape index (κ2) is 14.6. The molecule has 0 aliphatic rings. The summed E-state index contributed by atoms with van der Waals surface area (Å²) in [6.45, 7) is 17.2. The number of benzene rings is 2. The summed E-state index contributed by atoms with van der Waals surface area (Å²) >= 11 is 6.40. The van der Waals surface area contributed by atoms with Crippen molar-refractivity contribution in [2.45, 2.75) is 71.4 Å². The van der Waals surface area contributed by atoms with Crippen molar-refractivity contribution in [1.82, 2.24) is 9.88 Å². The van der Waals surface area contributed by atoms with Gasteiger partial charge in [0.25, 0.3) is 0 Å². The number of carbonyl (C=O) groups is 2. The highest BCUT2D eigenvalue weighted by molar-refractivity contribution is 6.74. The maximum atomic E-state index is 13.6. The van der Waals surface area contributed by atoms with Gasteiger partial charge in [0.05, 0.1) is 36.7 Å². The van der Waals surface area contributed by atoms with Crippen LogP contribution in [-0.2, 0) is 13.9 Å². The average Bonchev–Trinajstić information content (AvgIpc) is 2.94. The van der Waals surface area contributed by atoms with Gasteiger partial charge in [0, 0.05) is 29.9 Å². The van der Waals surface area contributed by atoms with E-state index in [0.717, 1.165) is 11.1 Å². The summed E-state index contributed by atoms with van der Waals surface area (Å²) in [5.41, 5.74) is 2.51. The van der Waals surface area contributed by atoms with Crippen LogP contribution in [0.3, 0.4) is 0 Å². The van der Waals surface area contributed by atoms with Crippen LogP contribution < -0.4 is 5.32 Å². The standard InChI is InChI=1S/C34H46ClN3O5Si/c1-33(2,3)42-32(40)38(23-28(25-16-13-17-26(35)22-25)43-44(8,9)34(4,5)6)21-20-37-30-27(31(39)41-7)18-19-36-29(30)24-14-11-10-12-15-24/h10-19,22,28,37H,20-21,23H2,1-9H3. The quantitative estimate of drug-likeness (QED) is 0.166. The van der Waals surface area contributed by atoms with Gasteiger partial charge in [0.2, 0.25) is 0 Å². The van der Waals surface area contributed by atoms with Crippen LogP contribution >= 0.6 is 11.6 Å². The Labute approximate surface area is 268 Å². The zero-order valence-electron chi connectivity index (χ0n) is 27.4. The van der Waals surface area contributed by atoms with Gasteiger partial charge in [-0.2, -0.15) is 0 Å². The Kier molecular flexibility index (Phi) is 11.6. The fraction of sp³-hybridized carbons (Fsp3) is 0.441. The van der Waals surface area contributed by atoms with Crippen LogP contribution in [0.15, 0.2) is 66.9 Å². The molecule has 1 unspecified atom stereocenters. The Morgan fingerprint density at radius 2 is 1.68 bits per heavy atom. The van der Waals surface area contributed by atoms with Crippen molar-refractivity contribution in [2.24, 2.45) is 0 Å². The summed E-state index contributed by atoms with van der Waals surface area (Å²) in [5.74, 6) is -0.486. The number of carbonyl (C=O) groups excluding carboxylic acids is 2. The topological polar surface area (TPSA) is 90.0 Å². The molecule has 0 radical (unpaired) electrons. The van der Waals surface area contributed by atoms with E-state index < -0.39 is 32.1 Å². The van der Waals surface area contributed by atoms with E-state index >= 15 is 0 Å². The largest absolute Gasteiger partial charge is 0.465 e. The second-order valence-corrected chi connectivity index (χ2v) is 18.4. The molecule has 0 bridgehead atoms. The smallest absolute Gasteiger partial charge is 0.410 e. The number of esters is 1. The van der Waals surface area contributed by atoms with Crippen molar-refractivity contribution < 1.29 is 23.5 Å². The third-order valence-corrected chi connectivity index (χ3v) is 12.3. The molecule has 44 heavy (non-hydrogen) atoms. The number of halogens is 1. The molecule has 2 aromatic carbocycles. The fourth-order valence-corrected chi connectivity index (χ4v) is 5.76. The highest BCUT2D eigenvalue weighted by Gasteiger charge is 2.40. The van der Waals surface area contributed by atoms with E-state index in [2.05, 4.69) is 44.2 Å². The van der Waals surface area contributed by atoms with Gasteiger partial charge < -0.3 is 24.1 Å². The molecular weight excluding hydrogens is 594 g/mol. The molecular formula is C34H46ClN3O5Si. The van der Waals surface area contributed by atoms with Crippen molar-refractivity contribution in [3.63, 3.8) is 0 Å². The lowest BCUT2D eigenvalue weighted by Gasteiger charge is -2.41. The monoisotopic (exact) mass is 639 g/mol. The number of pyridine rings is 1. The normalized spacial score (nSPS) is 12.8. The number of nitrogens with one attached hydrogen (secondary N) is 1. The number of ether oxygens (including phenoxy) is 2. The maximum Gasteiger partial charge on any atom is 0.410 e. The molecule has 10 heteroatoms. The summed E-state index contributed by atoms with van der Waals surface area (Å²) in [5, 5.41) is 3.91. The van der Waals surface area contributed by atoms with E-state index in [0.29, 0.717) is 28.5 Å². The molecule has 1 aromatic heterocycles. The van der Waals surface area contributed by atoms with Crippen LogP contribution in [0.4, 0.5) is 10.5 Å². The number of amides is 1. The van der Waals surface area contributed by atoms with Crippen LogP contribution in [0.1, 0.15) is 63.6 Å². The summed E-state index contributed by atoms with van der Waals surface area (Å²) in [6.07, 6.45) is 0.680. The predicted octanol–water partition coefficient (Wildman–Crippen LogP) is 8.60. The molecule has 0 spiro atoms. The lowest BCUT2D eigenvalue weighted by molar-refractivity contribution is 0.0165. The Morgan fingerprint density at radius 1 is 1.00 bits per heavy atom. The van der Waals surface area contributed by atoms with Crippen molar-refractivity contribution in [1.29, 1.82) is 0 Å². The molecule has 1 N–H and O–H groups in total. The molecule has 8 nitrogen and oxygen atoms in total. The Morgan fingerprint density at radius 3 is 2.27 bits per heavy atom. The summed E-state index contributed by atoms with van der Waals surface area (Å²) < 4.78 is 17.8. The second-order valence-electron chi connectivity index (χ2n) is 13.2. The number of anilines is 1. The van der Waals surface area contributed by atoms with Gasteiger partial charge in [0.15, 0.2) is 8.32 Å². The highest BCUT2D eigenvalue weighted by atomic mass is 35.5. The first-order valence-corrected chi connectivity index (χ1v) is 18.1. The zero-order valence-corrected chi connectivity index (χ0v) is 29.1. The molecule has 0 saturated heterocycles. The van der Waals surface area contributed by atoms with E-state index in [4.69, 9.17) is 25.5 Å². The molecule has 1 atom stereocenters. The first-order chi connectivity index (χ1) is 20.5. The molecule has 238 valence electrons. The highest BCUT2D eigenvalue weighted by Crippen LogP contribution is 2.40. The zero-order chi connectivity index (χ0) is 32.7. The van der Waals surface area contributed by atoms with E-state index in [9.17, 15) is 9.59 Å². The molecule has 0 saturated carbocycles. The van der Waals surface area contributed by atoms with Gasteiger partial charge in [-0.3, -0.25) is 4.98 Å². The number of rotatable bonds is 11. The van der Waals surface area contributed by atoms with Gasteiger partial charge in [0.1, 0.15) is 5.60 Å². The number of methoxy groups -OCH3 is 1. The summed E-state index contributed by atoms with van der Waals surface area (Å²) in [4.78, 5) is 32.6. The van der Waals surface area contributed by atoms with Crippen LogP contribution in [0.25, 0.3) is 11.3 Å². The number of nitrogens with zero attached hydrogens (tertiary/aromatic N) is 2. The van der Waals surface area contributed by atoms with Crippen LogP contribution in [0, 0.1) is 0 Å². The summed E-state index contributed by atoms with van der Waals surface area (Å²) in [7, 11) is -0.922. The number of aromatic nitrogens is 1. The van der Waals surface area contributed by atoms with Crippen LogP contribution in [0.2, 0.25) is 23.2 Å². The van der Waals surface area contributed by atoms with Gasteiger partial charge in [-0.25, -0.2) is 9.59 Å². The third kappa shape index (κ3) is 9.55. The van der Waals surface area contributed by atoms with Crippen molar-refractivity contribution in [3.8, 4) is 11.3 Å². The van der Waals surface area contributed by atoms with Crippen molar-refractivity contribution in [2.75, 3.05) is 32.1 Å². The van der Waals surface area contributed by atoms with Gasteiger partial charge in [-0.1, -0.05) is 74.8 Å². The summed E-state index contributed by atoms with van der Waals surface area (Å²) in [6, 6.07) is 18.8. The minimum atomic E-state index is -2.27. The van der Waals surface area contributed by atoms with Gasteiger partial charge in [-0.05, 0) is 62.7 Å². The Bertz CT molecular complexity index is 1420. The lowest BCUT2D eigenvalue weighted by Crippen LogP contribution is -2.46. The van der Waals surface area contributed by atoms with E-state index in [-0.39, 0.29) is 18.1 Å². The number of hydrogen-bond acceptors (Lipinski definition) is 7. The van der Waals surface area contributed by atoms with Crippen molar-refractivity contribution >= 4 is 37.7 Å². The van der Waals surface area contributed by atoms with E-state index in [1.165, 1.54) is 7.11 Å². The maximum absolute atomic E-state index is 13.6. The van der Waals surface area contributed by atoms with Gasteiger partial charge >= 0.3 is 12.1 Å². The van der Waals surface area contributed by atoms with Crippen molar-refractivity contribution in [3.05, 3.63) is 83.0 Å². The molecule has 0 fully saturated rings. The number of hydrogen-bond donors (Lipinski definition) is 1. The van der Waals surface area contributed by atoms with Gasteiger partial charge in [-0.15, -0.1) is 0 Å². The Balaban J connectivity index is 1.97. The molecule has 1 amide bonds. The van der Waals surface area contributed by atoms with E-state index in [1.807, 2.05) is 75.4 Å². The molecule has 1 heterocycles. The van der Waals surface area contributed by atoms with E-state index in [1.54, 1.807) is 17.2 Å². The predicted molar refractivity (Wildman–Crippen MR) is 180 cm³/mol. The first-order valence-electron chi connectivity index (χ1n) is 14.8. The molecule has 0 aliphatic carbocycles. The average molecular weight is 640 g/mol. The molecule has 3 rings (SSSR count). The fourth-order valence-electron chi connectivity index (χ4n) is 4.29. The third-order valence-electron chi connectivity index (χ3n) is 7.59. The molecule has 3 aromatic rings. The first kappa shape index (κ1) is 35.1. The SMILES string of the molecule is COC(=O)c1ccnc(-c2ccccc2)c1NCCN(CC(O[Si](C)(C)C(C)(C)C)c1cccc(Cl)c1)C(=O)OC(C)(C)C.